The van der Waals surface area contributed by atoms with Crippen molar-refractivity contribution in [2.75, 3.05) is 20.4 Å². The second kappa shape index (κ2) is 5.10. The third kappa shape index (κ3) is 2.32. The molecule has 0 aromatic rings. The molecule has 0 atom stereocenters. The van der Waals surface area contributed by atoms with Gasteiger partial charge in [-0.15, -0.1) is 11.8 Å². The Morgan fingerprint density at radius 2 is 2.29 bits per heavy atom. The number of carbonyl (C=O) groups is 1. The van der Waals surface area contributed by atoms with E-state index < -0.39 is 0 Å². The maximum atomic E-state index is 11.4. The fourth-order valence-electron chi connectivity index (χ4n) is 1.40. The molecule has 4 heteroatoms. The normalized spacial score (nSPS) is 16.4. The number of hydrogen-bond donors (Lipinski definition) is 1. The molecule has 0 aromatic carbocycles. The van der Waals surface area contributed by atoms with Gasteiger partial charge in [0.25, 0.3) is 0 Å². The fraction of sp³-hybridized carbons (Fsp3) is 0.500. The number of carbonyl (C=O) groups excluding carboxylic acids is 1. The summed E-state index contributed by atoms with van der Waals surface area (Å²) in [6.45, 7) is 0. The van der Waals surface area contributed by atoms with E-state index in [2.05, 4.69) is 5.32 Å². The first-order chi connectivity index (χ1) is 6.72. The largest absolute Gasteiger partial charge is 0.500 e. The molecule has 1 rings (SSSR count). The first-order valence-electron chi connectivity index (χ1n) is 4.46. The van der Waals surface area contributed by atoms with Crippen molar-refractivity contribution in [2.45, 2.75) is 12.8 Å². The molecule has 0 heterocycles. The van der Waals surface area contributed by atoms with E-state index in [1.807, 2.05) is 12.3 Å². The SMILES string of the molecule is CNC(=O)C1=CC(SC)=C(OC)CC1. The third-order valence-corrected chi connectivity index (χ3v) is 2.97. The van der Waals surface area contributed by atoms with E-state index in [1.165, 1.54) is 0 Å². The van der Waals surface area contributed by atoms with Gasteiger partial charge in [0.2, 0.25) is 5.91 Å². The molecule has 1 aliphatic rings. The van der Waals surface area contributed by atoms with Crippen LogP contribution in [0.3, 0.4) is 0 Å². The second-order valence-corrected chi connectivity index (χ2v) is 3.79. The molecule has 0 spiro atoms. The fourth-order valence-corrected chi connectivity index (χ4v) is 2.07. The number of amides is 1. The highest BCUT2D eigenvalue weighted by molar-refractivity contribution is 8.02. The van der Waals surface area contributed by atoms with Crippen LogP contribution < -0.4 is 5.32 Å². The number of ether oxygens (including phenoxy) is 1. The molecule has 0 saturated carbocycles. The molecule has 0 radical (unpaired) electrons. The van der Waals surface area contributed by atoms with Crippen LogP contribution in [0.4, 0.5) is 0 Å². The Hall–Kier alpha value is -0.900. The van der Waals surface area contributed by atoms with Gasteiger partial charge in [-0.05, 0) is 18.8 Å². The molecule has 0 unspecified atom stereocenters. The molecule has 0 aliphatic heterocycles. The molecule has 0 bridgehead atoms. The third-order valence-electron chi connectivity index (χ3n) is 2.19. The van der Waals surface area contributed by atoms with Crippen LogP contribution in [-0.2, 0) is 9.53 Å². The van der Waals surface area contributed by atoms with Gasteiger partial charge < -0.3 is 10.1 Å². The van der Waals surface area contributed by atoms with E-state index in [0.29, 0.717) is 0 Å². The molecule has 0 saturated heterocycles. The van der Waals surface area contributed by atoms with Crippen molar-refractivity contribution in [3.8, 4) is 0 Å². The zero-order valence-electron chi connectivity index (χ0n) is 8.72. The van der Waals surface area contributed by atoms with Gasteiger partial charge in [0.15, 0.2) is 0 Å². The van der Waals surface area contributed by atoms with Crippen molar-refractivity contribution in [2.24, 2.45) is 0 Å². The smallest absolute Gasteiger partial charge is 0.246 e. The van der Waals surface area contributed by atoms with Crippen LogP contribution in [0.2, 0.25) is 0 Å². The van der Waals surface area contributed by atoms with Gasteiger partial charge in [-0.3, -0.25) is 4.79 Å². The molecular weight excluding hydrogens is 198 g/mol. The summed E-state index contributed by atoms with van der Waals surface area (Å²) < 4.78 is 5.24. The van der Waals surface area contributed by atoms with Crippen molar-refractivity contribution >= 4 is 17.7 Å². The molecule has 1 N–H and O–H groups in total. The predicted octanol–water partition coefficient (Wildman–Crippen LogP) is 1.67. The van der Waals surface area contributed by atoms with Gasteiger partial charge in [0, 0.05) is 23.9 Å². The minimum atomic E-state index is 0.00621. The zero-order chi connectivity index (χ0) is 10.6. The highest BCUT2D eigenvalue weighted by Crippen LogP contribution is 2.30. The minimum absolute atomic E-state index is 0.00621. The summed E-state index contributed by atoms with van der Waals surface area (Å²) in [5, 5.41) is 2.63. The number of likely N-dealkylation sites (N-methyl/N-ethyl adjacent to an activating group) is 1. The number of rotatable bonds is 3. The van der Waals surface area contributed by atoms with E-state index in [4.69, 9.17) is 4.74 Å². The van der Waals surface area contributed by atoms with Gasteiger partial charge in [-0.2, -0.15) is 0 Å². The second-order valence-electron chi connectivity index (χ2n) is 2.94. The Morgan fingerprint density at radius 1 is 1.57 bits per heavy atom. The summed E-state index contributed by atoms with van der Waals surface area (Å²) in [5.74, 6) is 0.983. The summed E-state index contributed by atoms with van der Waals surface area (Å²) in [7, 11) is 3.32. The first-order valence-corrected chi connectivity index (χ1v) is 5.69. The van der Waals surface area contributed by atoms with Crippen LogP contribution in [0.15, 0.2) is 22.3 Å². The number of allylic oxidation sites excluding steroid dienone is 2. The number of hydrogen-bond acceptors (Lipinski definition) is 3. The van der Waals surface area contributed by atoms with Crippen molar-refractivity contribution in [3.63, 3.8) is 0 Å². The Bertz CT molecular complexity index is 294. The predicted molar refractivity (Wildman–Crippen MR) is 58.9 cm³/mol. The topological polar surface area (TPSA) is 38.3 Å². The summed E-state index contributed by atoms with van der Waals surface area (Å²) in [4.78, 5) is 12.4. The molecule has 1 amide bonds. The van der Waals surface area contributed by atoms with Crippen molar-refractivity contribution < 1.29 is 9.53 Å². The highest BCUT2D eigenvalue weighted by atomic mass is 32.2. The lowest BCUT2D eigenvalue weighted by Gasteiger charge is -2.17. The van der Waals surface area contributed by atoms with Gasteiger partial charge >= 0.3 is 0 Å². The monoisotopic (exact) mass is 213 g/mol. The highest BCUT2D eigenvalue weighted by Gasteiger charge is 2.17. The standard InChI is InChI=1S/C10H15NO2S/c1-11-10(12)7-4-5-8(13-2)9(6-7)14-3/h6H,4-5H2,1-3H3,(H,11,12). The summed E-state index contributed by atoms with van der Waals surface area (Å²) >= 11 is 1.61. The molecular formula is C10H15NO2S. The average Bonchev–Trinajstić information content (AvgIpc) is 2.26. The lowest BCUT2D eigenvalue weighted by molar-refractivity contribution is -0.117. The van der Waals surface area contributed by atoms with Gasteiger partial charge in [-0.25, -0.2) is 0 Å². The minimum Gasteiger partial charge on any atom is -0.500 e. The maximum Gasteiger partial charge on any atom is 0.246 e. The zero-order valence-corrected chi connectivity index (χ0v) is 9.53. The Labute approximate surface area is 88.6 Å². The molecule has 0 fully saturated rings. The summed E-state index contributed by atoms with van der Waals surface area (Å²) in [5.41, 5.74) is 0.831. The summed E-state index contributed by atoms with van der Waals surface area (Å²) in [6, 6.07) is 0. The van der Waals surface area contributed by atoms with Crippen LogP contribution in [0.1, 0.15) is 12.8 Å². The Kier molecular flexibility index (Phi) is 4.07. The lowest BCUT2D eigenvalue weighted by Crippen LogP contribution is -2.21. The van der Waals surface area contributed by atoms with Gasteiger partial charge in [0.05, 0.1) is 7.11 Å². The van der Waals surface area contributed by atoms with E-state index in [0.717, 1.165) is 29.1 Å². The summed E-state index contributed by atoms with van der Waals surface area (Å²) in [6.07, 6.45) is 5.46. The Morgan fingerprint density at radius 3 is 2.79 bits per heavy atom. The number of nitrogens with one attached hydrogen (secondary N) is 1. The molecule has 0 aromatic heterocycles. The van der Waals surface area contributed by atoms with Crippen LogP contribution in [-0.4, -0.2) is 26.3 Å². The lowest BCUT2D eigenvalue weighted by atomic mass is 10.0. The van der Waals surface area contributed by atoms with Crippen LogP contribution in [0, 0.1) is 0 Å². The Balaban J connectivity index is 2.89. The van der Waals surface area contributed by atoms with Gasteiger partial charge in [-0.1, -0.05) is 0 Å². The van der Waals surface area contributed by atoms with Crippen LogP contribution in [0.25, 0.3) is 0 Å². The van der Waals surface area contributed by atoms with Crippen molar-refractivity contribution in [1.29, 1.82) is 0 Å². The van der Waals surface area contributed by atoms with Gasteiger partial charge in [0.1, 0.15) is 5.76 Å². The molecule has 14 heavy (non-hydrogen) atoms. The number of methoxy groups -OCH3 is 1. The van der Waals surface area contributed by atoms with Crippen LogP contribution in [0.5, 0.6) is 0 Å². The average molecular weight is 213 g/mol. The van der Waals surface area contributed by atoms with Crippen molar-refractivity contribution in [3.05, 3.63) is 22.3 Å². The first kappa shape index (κ1) is 11.2. The van der Waals surface area contributed by atoms with E-state index >= 15 is 0 Å². The molecule has 1 aliphatic carbocycles. The number of thioether (sulfide) groups is 1. The van der Waals surface area contributed by atoms with E-state index in [1.54, 1.807) is 25.9 Å². The van der Waals surface area contributed by atoms with Crippen molar-refractivity contribution in [1.82, 2.24) is 5.32 Å². The molecule has 78 valence electrons. The molecule has 3 nitrogen and oxygen atoms in total. The van der Waals surface area contributed by atoms with E-state index in [9.17, 15) is 4.79 Å². The quantitative estimate of drug-likeness (QED) is 0.775. The van der Waals surface area contributed by atoms with E-state index in [-0.39, 0.29) is 5.91 Å². The van der Waals surface area contributed by atoms with Crippen LogP contribution >= 0.6 is 11.8 Å². The maximum absolute atomic E-state index is 11.4.